The Morgan fingerprint density at radius 2 is 2.25 bits per heavy atom. The van der Waals surface area contributed by atoms with Gasteiger partial charge < -0.3 is 0 Å². The molecule has 0 radical (unpaired) electrons. The lowest BCUT2D eigenvalue weighted by Gasteiger charge is -2.01. The van der Waals surface area contributed by atoms with E-state index in [1.807, 2.05) is 0 Å². The van der Waals surface area contributed by atoms with Crippen molar-refractivity contribution in [1.82, 2.24) is 0 Å². The first-order chi connectivity index (χ1) is 5.64. The van der Waals surface area contributed by atoms with Crippen LogP contribution in [0.2, 0.25) is 0 Å². The van der Waals surface area contributed by atoms with E-state index < -0.39 is 9.84 Å². The Morgan fingerprint density at radius 1 is 1.50 bits per heavy atom. The minimum Gasteiger partial charge on any atom is -0.229 e. The van der Waals surface area contributed by atoms with Gasteiger partial charge >= 0.3 is 0 Å². The lowest BCUT2D eigenvalue weighted by molar-refractivity contribution is 0.540. The summed E-state index contributed by atoms with van der Waals surface area (Å²) >= 11 is 0. The Morgan fingerprint density at radius 3 is 2.75 bits per heavy atom. The van der Waals surface area contributed by atoms with Crippen LogP contribution in [0, 0.1) is 5.92 Å². The summed E-state index contributed by atoms with van der Waals surface area (Å²) in [6.45, 7) is 0.406. The van der Waals surface area contributed by atoms with Gasteiger partial charge in [-0.2, -0.15) is 0 Å². The van der Waals surface area contributed by atoms with Crippen molar-refractivity contribution in [3.05, 3.63) is 0 Å². The van der Waals surface area contributed by atoms with Gasteiger partial charge in [0.05, 0.1) is 18.1 Å². The SMILES string of the molecule is O=C=NCCC1CCS(=O)(=O)C1. The van der Waals surface area contributed by atoms with Crippen LogP contribution in [-0.2, 0) is 14.6 Å². The van der Waals surface area contributed by atoms with Crippen molar-refractivity contribution < 1.29 is 13.2 Å². The highest BCUT2D eigenvalue weighted by atomic mass is 32.2. The van der Waals surface area contributed by atoms with E-state index in [2.05, 4.69) is 4.99 Å². The lowest BCUT2D eigenvalue weighted by Crippen LogP contribution is -2.05. The molecule has 1 unspecified atom stereocenters. The molecule has 1 rings (SSSR count). The van der Waals surface area contributed by atoms with Crippen LogP contribution in [0.5, 0.6) is 0 Å². The van der Waals surface area contributed by atoms with Crippen LogP contribution in [-0.4, -0.2) is 32.5 Å². The van der Waals surface area contributed by atoms with Gasteiger partial charge in [-0.15, -0.1) is 0 Å². The minimum atomic E-state index is -2.77. The molecule has 0 saturated carbocycles. The molecular weight excluding hydrogens is 178 g/mol. The summed E-state index contributed by atoms with van der Waals surface area (Å²) in [6.07, 6.45) is 2.85. The highest BCUT2D eigenvalue weighted by Gasteiger charge is 2.26. The molecule has 1 aliphatic rings. The van der Waals surface area contributed by atoms with Gasteiger partial charge in [-0.25, -0.2) is 18.2 Å². The van der Waals surface area contributed by atoms with E-state index >= 15 is 0 Å². The summed E-state index contributed by atoms with van der Waals surface area (Å²) in [7, 11) is -2.77. The molecule has 1 fully saturated rings. The van der Waals surface area contributed by atoms with Crippen LogP contribution in [0.15, 0.2) is 4.99 Å². The van der Waals surface area contributed by atoms with Crippen LogP contribution in [0.25, 0.3) is 0 Å². The molecule has 4 nitrogen and oxygen atoms in total. The van der Waals surface area contributed by atoms with Crippen LogP contribution >= 0.6 is 0 Å². The average Bonchev–Trinajstić information content (AvgIpc) is 2.31. The molecular formula is C7H11NO3S. The van der Waals surface area contributed by atoms with Gasteiger partial charge in [0, 0.05) is 0 Å². The third-order valence-electron chi connectivity index (χ3n) is 2.04. The summed E-state index contributed by atoms with van der Waals surface area (Å²) < 4.78 is 21.9. The molecule has 1 heterocycles. The van der Waals surface area contributed by atoms with Crippen molar-refractivity contribution in [2.75, 3.05) is 18.1 Å². The molecule has 5 heteroatoms. The van der Waals surface area contributed by atoms with Crippen LogP contribution in [0.1, 0.15) is 12.8 Å². The van der Waals surface area contributed by atoms with E-state index in [-0.39, 0.29) is 11.7 Å². The van der Waals surface area contributed by atoms with Crippen molar-refractivity contribution in [3.63, 3.8) is 0 Å². The Labute approximate surface area is 71.6 Å². The third kappa shape index (κ3) is 2.75. The maximum Gasteiger partial charge on any atom is 0.234 e. The van der Waals surface area contributed by atoms with Gasteiger partial charge in [-0.1, -0.05) is 0 Å². The molecule has 12 heavy (non-hydrogen) atoms. The van der Waals surface area contributed by atoms with Crippen LogP contribution in [0.3, 0.4) is 0 Å². The number of nitrogens with zero attached hydrogens (tertiary/aromatic N) is 1. The van der Waals surface area contributed by atoms with Crippen molar-refractivity contribution in [3.8, 4) is 0 Å². The Balaban J connectivity index is 2.33. The number of sulfone groups is 1. The van der Waals surface area contributed by atoms with Crippen molar-refractivity contribution in [1.29, 1.82) is 0 Å². The zero-order chi connectivity index (χ0) is 9.03. The first-order valence-corrected chi connectivity index (χ1v) is 5.70. The Bertz CT molecular complexity index is 290. The number of hydrogen-bond acceptors (Lipinski definition) is 4. The molecule has 68 valence electrons. The predicted octanol–water partition coefficient (Wildman–Crippen LogP) is 0.147. The molecule has 1 atom stereocenters. The van der Waals surface area contributed by atoms with Crippen molar-refractivity contribution in [2.45, 2.75) is 12.8 Å². The smallest absolute Gasteiger partial charge is 0.229 e. The Kier molecular flexibility index (Phi) is 3.00. The van der Waals surface area contributed by atoms with Gasteiger partial charge in [0.15, 0.2) is 9.84 Å². The topological polar surface area (TPSA) is 63.6 Å². The monoisotopic (exact) mass is 189 g/mol. The van der Waals surface area contributed by atoms with Crippen molar-refractivity contribution >= 4 is 15.9 Å². The molecule has 0 aromatic carbocycles. The molecule has 0 bridgehead atoms. The average molecular weight is 189 g/mol. The first-order valence-electron chi connectivity index (χ1n) is 3.88. The van der Waals surface area contributed by atoms with Gasteiger partial charge in [0.1, 0.15) is 0 Å². The maximum atomic E-state index is 11.0. The largest absolute Gasteiger partial charge is 0.234 e. The van der Waals surface area contributed by atoms with Crippen LogP contribution in [0.4, 0.5) is 0 Å². The molecule has 0 aromatic heterocycles. The number of aliphatic imine (C=N–C) groups is 1. The van der Waals surface area contributed by atoms with E-state index in [1.54, 1.807) is 0 Å². The zero-order valence-corrected chi connectivity index (χ0v) is 7.51. The van der Waals surface area contributed by atoms with Gasteiger partial charge in [0.25, 0.3) is 0 Å². The number of isocyanates is 1. The normalized spacial score (nSPS) is 26.5. The minimum absolute atomic E-state index is 0.201. The van der Waals surface area contributed by atoms with Crippen LogP contribution < -0.4 is 0 Å². The molecule has 1 aliphatic heterocycles. The number of hydrogen-bond donors (Lipinski definition) is 0. The predicted molar refractivity (Wildman–Crippen MR) is 44.4 cm³/mol. The molecule has 0 spiro atoms. The summed E-state index contributed by atoms with van der Waals surface area (Å²) in [6, 6.07) is 0. The van der Waals surface area contributed by atoms with Gasteiger partial charge in [0.2, 0.25) is 6.08 Å². The second kappa shape index (κ2) is 3.83. The summed E-state index contributed by atoms with van der Waals surface area (Å²) in [5.74, 6) is 0.760. The van der Waals surface area contributed by atoms with Gasteiger partial charge in [-0.05, 0) is 18.8 Å². The maximum absolute atomic E-state index is 11.0. The molecule has 0 aromatic rings. The van der Waals surface area contributed by atoms with E-state index in [4.69, 9.17) is 0 Å². The highest BCUT2D eigenvalue weighted by Crippen LogP contribution is 2.21. The number of rotatable bonds is 3. The van der Waals surface area contributed by atoms with E-state index in [0.717, 1.165) is 6.42 Å². The fraction of sp³-hybridized carbons (Fsp3) is 0.857. The summed E-state index contributed by atoms with van der Waals surface area (Å²) in [5, 5.41) is 0. The molecule has 1 saturated heterocycles. The second-order valence-electron chi connectivity index (χ2n) is 3.03. The summed E-state index contributed by atoms with van der Waals surface area (Å²) in [4.78, 5) is 13.1. The standard InChI is InChI=1S/C7H11NO3S/c9-6-8-3-1-7-2-4-12(10,11)5-7/h7H,1-5H2. The Hall–Kier alpha value is -0.670. The highest BCUT2D eigenvalue weighted by molar-refractivity contribution is 7.91. The molecule has 0 amide bonds. The lowest BCUT2D eigenvalue weighted by atomic mass is 10.1. The number of carbonyl (C=O) groups excluding carboxylic acids is 1. The summed E-state index contributed by atoms with van der Waals surface area (Å²) in [5.41, 5.74) is 0. The fourth-order valence-electron chi connectivity index (χ4n) is 1.39. The quantitative estimate of drug-likeness (QED) is 0.469. The first kappa shape index (κ1) is 9.42. The molecule has 0 N–H and O–H groups in total. The van der Waals surface area contributed by atoms with Gasteiger partial charge in [-0.3, -0.25) is 0 Å². The second-order valence-corrected chi connectivity index (χ2v) is 5.26. The van der Waals surface area contributed by atoms with Crippen molar-refractivity contribution in [2.24, 2.45) is 10.9 Å². The van der Waals surface area contributed by atoms with E-state index in [1.165, 1.54) is 6.08 Å². The zero-order valence-electron chi connectivity index (χ0n) is 6.69. The van der Waals surface area contributed by atoms with E-state index in [9.17, 15) is 13.2 Å². The third-order valence-corrected chi connectivity index (χ3v) is 3.88. The van der Waals surface area contributed by atoms with E-state index in [0.29, 0.717) is 18.7 Å². The fourth-order valence-corrected chi connectivity index (χ4v) is 3.30. The molecule has 0 aliphatic carbocycles.